The minimum absolute atomic E-state index is 0. The summed E-state index contributed by atoms with van der Waals surface area (Å²) in [5.41, 5.74) is -2.61. The first-order valence-corrected chi connectivity index (χ1v) is 16.5. The molecular formula is C20H14CuN3Na3O15S4. The number of anilines is 1. The Hall–Kier alpha value is -0.251. The summed E-state index contributed by atoms with van der Waals surface area (Å²) in [5.74, 6) is -4.33. The van der Waals surface area contributed by atoms with Gasteiger partial charge in [-0.15, -0.1) is 5.11 Å². The van der Waals surface area contributed by atoms with Crippen LogP contribution in [0.3, 0.4) is 0 Å². The predicted octanol–water partition coefficient (Wildman–Crippen LogP) is -9.57. The van der Waals surface area contributed by atoms with Crippen molar-refractivity contribution >= 4 is 74.2 Å². The summed E-state index contributed by atoms with van der Waals surface area (Å²) in [5, 5.41) is 33.2. The molecule has 26 heteroatoms. The molecule has 18 nitrogen and oxygen atoms in total. The zero-order valence-electron chi connectivity index (χ0n) is 23.8. The van der Waals surface area contributed by atoms with Crippen LogP contribution in [0.5, 0.6) is 11.5 Å². The third kappa shape index (κ3) is 12.6. The monoisotopic (exact) mass is 796 g/mol. The Morgan fingerprint density at radius 2 is 1.41 bits per heavy atom. The van der Waals surface area contributed by atoms with Gasteiger partial charge in [0.05, 0.1) is 38.4 Å². The van der Waals surface area contributed by atoms with Gasteiger partial charge in [-0.3, -0.25) is 8.98 Å². The fourth-order valence-corrected chi connectivity index (χ4v) is 6.07. The smallest absolute Gasteiger partial charge is 0.871 e. The second-order valence-electron chi connectivity index (χ2n) is 8.09. The van der Waals surface area contributed by atoms with E-state index in [-0.39, 0.29) is 106 Å². The van der Waals surface area contributed by atoms with Gasteiger partial charge in [0.1, 0.15) is 20.2 Å². The van der Waals surface area contributed by atoms with Crippen molar-refractivity contribution in [3.05, 3.63) is 36.4 Å². The maximum atomic E-state index is 13.3. The van der Waals surface area contributed by atoms with Crippen LogP contribution in [0.25, 0.3) is 10.8 Å². The van der Waals surface area contributed by atoms with Crippen LogP contribution in [0.4, 0.5) is 17.1 Å². The van der Waals surface area contributed by atoms with Crippen molar-refractivity contribution < 1.29 is 172 Å². The van der Waals surface area contributed by atoms with Crippen molar-refractivity contribution in [2.75, 3.05) is 17.7 Å². The molecule has 0 aromatic heterocycles. The largest absolute Gasteiger partial charge is 2.00 e. The van der Waals surface area contributed by atoms with Gasteiger partial charge >= 0.3 is 106 Å². The van der Waals surface area contributed by atoms with E-state index >= 15 is 0 Å². The number of fused-ring (bicyclic) bond motifs is 1. The van der Waals surface area contributed by atoms with Crippen LogP contribution in [-0.4, -0.2) is 65.6 Å². The van der Waals surface area contributed by atoms with E-state index in [0.29, 0.717) is 30.3 Å². The van der Waals surface area contributed by atoms with Crippen LogP contribution in [0, 0.1) is 0 Å². The van der Waals surface area contributed by atoms with Crippen molar-refractivity contribution in [1.82, 2.24) is 0 Å². The number of nitrogens with one attached hydrogen (secondary N) is 1. The van der Waals surface area contributed by atoms with E-state index in [1.807, 2.05) is 0 Å². The Kier molecular flexibility index (Phi) is 18.9. The van der Waals surface area contributed by atoms with Gasteiger partial charge in [-0.05, 0) is 41.1 Å². The Bertz CT molecular complexity index is 2100. The van der Waals surface area contributed by atoms with Gasteiger partial charge in [-0.2, -0.15) is 5.11 Å². The van der Waals surface area contributed by atoms with Gasteiger partial charge in [-0.25, -0.2) is 33.7 Å². The normalized spacial score (nSPS) is 11.9. The molecule has 0 saturated heterocycles. The number of sulfone groups is 1. The van der Waals surface area contributed by atoms with Crippen LogP contribution >= 0.6 is 0 Å². The zero-order chi connectivity index (χ0) is 31.8. The number of carbonyl (C=O) groups excluding carboxylic acids is 1. The van der Waals surface area contributed by atoms with Crippen molar-refractivity contribution in [2.24, 2.45) is 10.2 Å². The summed E-state index contributed by atoms with van der Waals surface area (Å²) < 4.78 is 131. The molecule has 0 aliphatic rings. The van der Waals surface area contributed by atoms with Crippen LogP contribution in [0.15, 0.2) is 61.3 Å². The van der Waals surface area contributed by atoms with Crippen molar-refractivity contribution in [2.45, 2.75) is 21.6 Å². The molecule has 0 atom stereocenters. The Morgan fingerprint density at radius 3 is 1.91 bits per heavy atom. The Labute approximate surface area is 339 Å². The number of hydrogen-bond acceptors (Lipinski definition) is 17. The summed E-state index contributed by atoms with van der Waals surface area (Å²) in [6, 6.07) is 3.73. The molecule has 0 unspecified atom stereocenters. The third-order valence-corrected chi connectivity index (χ3v) is 8.89. The first kappa shape index (κ1) is 47.9. The van der Waals surface area contributed by atoms with E-state index in [1.165, 1.54) is 0 Å². The first-order valence-electron chi connectivity index (χ1n) is 10.7. The second-order valence-corrected chi connectivity index (χ2v) is 14.0. The maximum Gasteiger partial charge on any atom is 2.00 e. The molecule has 1 amide bonds. The summed E-state index contributed by atoms with van der Waals surface area (Å²) in [4.78, 5) is 8.64. The average molecular weight is 797 g/mol. The predicted molar refractivity (Wildman–Crippen MR) is 131 cm³/mol. The van der Waals surface area contributed by atoms with Crippen molar-refractivity contribution in [3.63, 3.8) is 0 Å². The number of amides is 1. The molecule has 237 valence electrons. The summed E-state index contributed by atoms with van der Waals surface area (Å²) in [7, 11) is -20.4. The first-order chi connectivity index (χ1) is 19.1. The van der Waals surface area contributed by atoms with Gasteiger partial charge in [-0.1, -0.05) is 17.6 Å². The topological polar surface area (TPSA) is 315 Å². The Balaban J connectivity index is 0. The summed E-state index contributed by atoms with van der Waals surface area (Å²) in [6.45, 7) is -0.119. The molecule has 3 aromatic carbocycles. The minimum atomic E-state index is -5.58. The van der Waals surface area contributed by atoms with E-state index in [9.17, 15) is 62.3 Å². The minimum Gasteiger partial charge on any atom is -0.871 e. The van der Waals surface area contributed by atoms with Crippen LogP contribution < -0.4 is 104 Å². The quantitative estimate of drug-likeness (QED) is 0.0862. The number of carbonyl (C=O) groups is 1. The van der Waals surface area contributed by atoms with Gasteiger partial charge in [0.15, 0.2) is 9.84 Å². The van der Waals surface area contributed by atoms with Crippen molar-refractivity contribution in [1.29, 1.82) is 0 Å². The summed E-state index contributed by atoms with van der Waals surface area (Å²) in [6.07, 6.45) is 0. The van der Waals surface area contributed by atoms with Crippen LogP contribution in [-0.2, 0) is 66.5 Å². The Morgan fingerprint density at radius 1 is 0.826 bits per heavy atom. The molecule has 0 aliphatic heterocycles. The van der Waals surface area contributed by atoms with E-state index in [2.05, 4.69) is 19.7 Å². The molecule has 46 heavy (non-hydrogen) atoms. The number of nitrogens with zero attached hydrogens (tertiary/aromatic N) is 2. The third-order valence-electron chi connectivity index (χ3n) is 5.10. The molecule has 0 spiro atoms. The van der Waals surface area contributed by atoms with Gasteiger partial charge < -0.3 is 29.2 Å². The second kappa shape index (κ2) is 18.1. The number of azo groups is 1. The molecule has 1 radical (unpaired) electrons. The van der Waals surface area contributed by atoms with E-state index in [0.717, 1.165) is 13.0 Å². The number of rotatable bonds is 10. The number of hydrogen-bond donors (Lipinski definition) is 1. The van der Waals surface area contributed by atoms with E-state index < -0.39 is 113 Å². The molecule has 0 saturated carbocycles. The summed E-state index contributed by atoms with van der Waals surface area (Å²) >= 11 is 0. The van der Waals surface area contributed by atoms with Gasteiger partial charge in [0, 0.05) is 12.6 Å². The van der Waals surface area contributed by atoms with Crippen LogP contribution in [0.2, 0.25) is 0 Å². The fraction of sp³-hybridized carbons (Fsp3) is 0.150. The van der Waals surface area contributed by atoms with Gasteiger partial charge in [0.2, 0.25) is 16.3 Å². The van der Waals surface area contributed by atoms with Crippen LogP contribution in [0.1, 0.15) is 6.92 Å². The van der Waals surface area contributed by atoms with Gasteiger partial charge in [0.25, 0.3) is 0 Å². The van der Waals surface area contributed by atoms with E-state index in [4.69, 9.17) is 0 Å². The molecule has 1 N–H and O–H groups in total. The molecule has 3 aromatic rings. The molecule has 3 rings (SSSR count). The standard InChI is InChI=1S/C20H19N3O15S4.Cu.3Na/c1-10(24)21-15-9-13(40(29,30)31)6-11-7-17(41(32,33)34)19(20(26)18(11)15)23-22-14-8-12(2-3-16(14)25)39(27,28)5-4-38-42(35,36)37;;;;/h2-3,6-9,25-26H,4-5H2,1H3,(H,21,24)(H,29,30,31)(H,32,33,34)(H,35,36,37);;;;/q;+2;3*+1/p-5. The maximum absolute atomic E-state index is 13.3. The van der Waals surface area contributed by atoms with E-state index in [1.54, 1.807) is 0 Å². The zero-order valence-corrected chi connectivity index (χ0v) is 34.0. The number of benzene rings is 3. The average Bonchev–Trinajstić information content (AvgIpc) is 2.81. The molecule has 0 fully saturated rings. The molecule has 0 heterocycles. The fourth-order valence-electron chi connectivity index (χ4n) is 3.40. The SMILES string of the molecule is CC(=O)Nc1cc(S(=O)(=O)[O-])cc2cc(S(=O)(=O)[O-])c(N=Nc3cc(S(=O)(=O)CCOS(=O)(=O)[O-])ccc3[O-])c([O-])c12.[Cu+2].[Na+].[Na+].[Na+]. The molecule has 0 aliphatic carbocycles. The molecular weight excluding hydrogens is 783 g/mol. The molecule has 0 bridgehead atoms. The van der Waals surface area contributed by atoms with Crippen molar-refractivity contribution in [3.8, 4) is 11.5 Å².